The van der Waals surface area contributed by atoms with Crippen molar-refractivity contribution in [2.45, 2.75) is 12.8 Å². The maximum absolute atomic E-state index is 10.6. The van der Waals surface area contributed by atoms with Gasteiger partial charge < -0.3 is 10.2 Å². The molecular formula is C14H12N2O4. The summed E-state index contributed by atoms with van der Waals surface area (Å²) in [6, 6.07) is 6.75. The molecule has 0 unspecified atom stereocenters. The fourth-order valence-corrected chi connectivity index (χ4v) is 1.71. The average molecular weight is 272 g/mol. The Kier molecular flexibility index (Phi) is 4.05. The second-order valence-electron chi connectivity index (χ2n) is 4.24. The van der Waals surface area contributed by atoms with E-state index in [2.05, 4.69) is 9.97 Å². The smallest absolute Gasteiger partial charge is 0.307 e. The predicted molar refractivity (Wildman–Crippen MR) is 70.1 cm³/mol. The van der Waals surface area contributed by atoms with E-state index in [-0.39, 0.29) is 12.8 Å². The second-order valence-corrected chi connectivity index (χ2v) is 4.24. The Balaban J connectivity index is 2.15. The van der Waals surface area contributed by atoms with Crippen LogP contribution in [0.4, 0.5) is 0 Å². The highest BCUT2D eigenvalue weighted by Gasteiger charge is 2.05. The molecule has 2 N–H and O–H groups in total. The van der Waals surface area contributed by atoms with Crippen molar-refractivity contribution in [1.82, 2.24) is 9.97 Å². The fraction of sp³-hybridized carbons (Fsp3) is 0.143. The number of pyridine rings is 2. The van der Waals surface area contributed by atoms with Gasteiger partial charge in [-0.15, -0.1) is 0 Å². The van der Waals surface area contributed by atoms with Gasteiger partial charge in [0, 0.05) is 12.4 Å². The van der Waals surface area contributed by atoms with Gasteiger partial charge in [-0.1, -0.05) is 12.1 Å². The van der Waals surface area contributed by atoms with E-state index in [9.17, 15) is 9.59 Å². The monoisotopic (exact) mass is 272 g/mol. The summed E-state index contributed by atoms with van der Waals surface area (Å²) < 4.78 is 0. The second kappa shape index (κ2) is 5.92. The summed E-state index contributed by atoms with van der Waals surface area (Å²) in [4.78, 5) is 29.4. The molecule has 0 aliphatic heterocycles. The number of carboxylic acid groups (broad SMARTS) is 2. The van der Waals surface area contributed by atoms with Gasteiger partial charge >= 0.3 is 11.9 Å². The Bertz CT molecular complexity index is 563. The topological polar surface area (TPSA) is 100 Å². The number of carboxylic acids is 2. The molecule has 0 aliphatic carbocycles. The van der Waals surface area contributed by atoms with Crippen LogP contribution in [0, 0.1) is 0 Å². The third-order valence-electron chi connectivity index (χ3n) is 2.62. The first-order valence-corrected chi connectivity index (χ1v) is 5.88. The van der Waals surface area contributed by atoms with Crippen LogP contribution in [0.3, 0.4) is 0 Å². The van der Waals surface area contributed by atoms with Crippen molar-refractivity contribution < 1.29 is 19.8 Å². The van der Waals surface area contributed by atoms with E-state index in [0.29, 0.717) is 22.5 Å². The number of aliphatic carboxylic acids is 2. The van der Waals surface area contributed by atoms with Gasteiger partial charge in [-0.05, 0) is 23.3 Å². The van der Waals surface area contributed by atoms with Gasteiger partial charge in [0.15, 0.2) is 0 Å². The lowest BCUT2D eigenvalue weighted by atomic mass is 10.1. The van der Waals surface area contributed by atoms with Crippen molar-refractivity contribution in [2.75, 3.05) is 0 Å². The van der Waals surface area contributed by atoms with E-state index in [1.54, 1.807) is 24.3 Å². The molecule has 0 fully saturated rings. The fourth-order valence-electron chi connectivity index (χ4n) is 1.71. The number of rotatable bonds is 5. The lowest BCUT2D eigenvalue weighted by Gasteiger charge is -2.03. The van der Waals surface area contributed by atoms with Gasteiger partial charge in [0.05, 0.1) is 24.2 Å². The molecule has 0 aliphatic rings. The van der Waals surface area contributed by atoms with Gasteiger partial charge in [0.25, 0.3) is 0 Å². The third-order valence-corrected chi connectivity index (χ3v) is 2.62. The number of hydrogen-bond acceptors (Lipinski definition) is 4. The highest BCUT2D eigenvalue weighted by Crippen LogP contribution is 2.15. The molecule has 6 heteroatoms. The van der Waals surface area contributed by atoms with E-state index in [1.165, 1.54) is 12.4 Å². The number of carbonyl (C=O) groups is 2. The minimum Gasteiger partial charge on any atom is -0.481 e. The van der Waals surface area contributed by atoms with Crippen LogP contribution in [-0.2, 0) is 22.4 Å². The maximum atomic E-state index is 10.6. The van der Waals surface area contributed by atoms with E-state index >= 15 is 0 Å². The van der Waals surface area contributed by atoms with Crippen molar-refractivity contribution in [3.05, 3.63) is 47.8 Å². The molecule has 0 bridgehead atoms. The molecule has 2 rings (SSSR count). The Labute approximate surface area is 114 Å². The molecule has 0 aromatic carbocycles. The van der Waals surface area contributed by atoms with Crippen molar-refractivity contribution in [1.29, 1.82) is 0 Å². The quantitative estimate of drug-likeness (QED) is 0.853. The van der Waals surface area contributed by atoms with E-state index in [0.717, 1.165) is 0 Å². The van der Waals surface area contributed by atoms with E-state index in [1.807, 2.05) is 0 Å². The van der Waals surface area contributed by atoms with Gasteiger partial charge in [0.2, 0.25) is 0 Å². The molecule has 2 aromatic heterocycles. The molecule has 6 nitrogen and oxygen atoms in total. The molecule has 2 aromatic rings. The van der Waals surface area contributed by atoms with Crippen LogP contribution >= 0.6 is 0 Å². The van der Waals surface area contributed by atoms with Gasteiger partial charge in [-0.3, -0.25) is 19.6 Å². The summed E-state index contributed by atoms with van der Waals surface area (Å²) in [7, 11) is 0. The summed E-state index contributed by atoms with van der Waals surface area (Å²) in [5.74, 6) is -1.81. The van der Waals surface area contributed by atoms with Crippen molar-refractivity contribution in [3.8, 4) is 11.4 Å². The van der Waals surface area contributed by atoms with Crippen LogP contribution in [0.1, 0.15) is 11.1 Å². The highest BCUT2D eigenvalue weighted by atomic mass is 16.4. The van der Waals surface area contributed by atoms with Gasteiger partial charge in [-0.2, -0.15) is 0 Å². The Morgan fingerprint density at radius 3 is 1.45 bits per heavy atom. The van der Waals surface area contributed by atoms with Crippen LogP contribution in [0.15, 0.2) is 36.7 Å². The van der Waals surface area contributed by atoms with Crippen LogP contribution in [0.2, 0.25) is 0 Å². The van der Waals surface area contributed by atoms with Crippen molar-refractivity contribution >= 4 is 11.9 Å². The minimum atomic E-state index is -0.907. The Morgan fingerprint density at radius 1 is 0.800 bits per heavy atom. The zero-order valence-electron chi connectivity index (χ0n) is 10.5. The standard InChI is InChI=1S/C14H12N2O4/c17-13(18)5-9-1-3-11(15-7-9)12-4-2-10(8-16-12)6-14(19)20/h1-4,7-8H,5-6H2,(H,17,18)(H,19,20). The highest BCUT2D eigenvalue weighted by molar-refractivity contribution is 5.71. The molecule has 2 heterocycles. The lowest BCUT2D eigenvalue weighted by Crippen LogP contribution is -2.01. The zero-order chi connectivity index (χ0) is 14.5. The molecule has 0 amide bonds. The molecule has 102 valence electrons. The predicted octanol–water partition coefficient (Wildman–Crippen LogP) is 1.40. The average Bonchev–Trinajstić information content (AvgIpc) is 2.39. The minimum absolute atomic E-state index is 0.0712. The van der Waals surface area contributed by atoms with Gasteiger partial charge in [0.1, 0.15) is 0 Å². The maximum Gasteiger partial charge on any atom is 0.307 e. The van der Waals surface area contributed by atoms with Crippen molar-refractivity contribution in [2.24, 2.45) is 0 Å². The van der Waals surface area contributed by atoms with Crippen LogP contribution in [0.25, 0.3) is 11.4 Å². The summed E-state index contributed by atoms with van der Waals surface area (Å²) in [5.41, 5.74) is 2.45. The number of hydrogen-bond donors (Lipinski definition) is 2. The van der Waals surface area contributed by atoms with E-state index < -0.39 is 11.9 Å². The zero-order valence-corrected chi connectivity index (χ0v) is 10.5. The lowest BCUT2D eigenvalue weighted by molar-refractivity contribution is -0.137. The molecule has 0 saturated carbocycles. The summed E-state index contributed by atoms with van der Waals surface area (Å²) in [5, 5.41) is 17.3. The number of aromatic nitrogens is 2. The Hall–Kier alpha value is -2.76. The summed E-state index contributed by atoms with van der Waals surface area (Å²) >= 11 is 0. The molecular weight excluding hydrogens is 260 g/mol. The first kappa shape index (κ1) is 13.7. The largest absolute Gasteiger partial charge is 0.481 e. The molecule has 0 spiro atoms. The first-order valence-electron chi connectivity index (χ1n) is 5.88. The molecule has 0 saturated heterocycles. The van der Waals surface area contributed by atoms with Crippen LogP contribution < -0.4 is 0 Å². The first-order chi connectivity index (χ1) is 9.54. The van der Waals surface area contributed by atoms with Crippen LogP contribution in [0.5, 0.6) is 0 Å². The van der Waals surface area contributed by atoms with Crippen LogP contribution in [-0.4, -0.2) is 32.1 Å². The molecule has 20 heavy (non-hydrogen) atoms. The van der Waals surface area contributed by atoms with Gasteiger partial charge in [-0.25, -0.2) is 0 Å². The van der Waals surface area contributed by atoms with Crippen molar-refractivity contribution in [3.63, 3.8) is 0 Å². The number of nitrogens with zero attached hydrogens (tertiary/aromatic N) is 2. The summed E-state index contributed by atoms with van der Waals surface area (Å²) in [6.07, 6.45) is 2.85. The summed E-state index contributed by atoms with van der Waals surface area (Å²) in [6.45, 7) is 0. The molecule has 0 radical (unpaired) electrons. The third kappa shape index (κ3) is 3.61. The Morgan fingerprint density at radius 2 is 1.20 bits per heavy atom. The van der Waals surface area contributed by atoms with E-state index in [4.69, 9.17) is 10.2 Å². The molecule has 0 atom stereocenters. The SMILES string of the molecule is O=C(O)Cc1ccc(-c2ccc(CC(=O)O)cn2)nc1. The normalized spacial score (nSPS) is 10.2.